The van der Waals surface area contributed by atoms with E-state index in [-0.39, 0.29) is 5.91 Å². The molecule has 0 heterocycles. The molecule has 1 amide bonds. The van der Waals surface area contributed by atoms with Crippen molar-refractivity contribution in [3.8, 4) is 11.5 Å². The Morgan fingerprint density at radius 1 is 1.04 bits per heavy atom. The third kappa shape index (κ3) is 5.38. The summed E-state index contributed by atoms with van der Waals surface area (Å²) in [7, 11) is 1.55. The topological polar surface area (TPSA) is 73.6 Å². The van der Waals surface area contributed by atoms with Crippen LogP contribution in [0.5, 0.6) is 11.5 Å². The van der Waals surface area contributed by atoms with Crippen LogP contribution in [0.15, 0.2) is 78.9 Å². The average molecular weight is 374 g/mol. The van der Waals surface area contributed by atoms with Crippen molar-refractivity contribution in [2.75, 3.05) is 18.2 Å². The number of rotatable bonds is 7. The summed E-state index contributed by atoms with van der Waals surface area (Å²) in [6.07, 6.45) is 3.21. The SMILES string of the molecule is COc1ccc(NC(=O)/C=C/c2ccc(OCc3ccccc3)cc2)cc1N. The molecule has 0 unspecified atom stereocenters. The van der Waals surface area contributed by atoms with Gasteiger partial charge in [0, 0.05) is 11.8 Å². The lowest BCUT2D eigenvalue weighted by Gasteiger charge is -2.07. The normalized spacial score (nSPS) is 10.6. The van der Waals surface area contributed by atoms with E-state index in [1.807, 2.05) is 54.6 Å². The maximum Gasteiger partial charge on any atom is 0.248 e. The summed E-state index contributed by atoms with van der Waals surface area (Å²) in [5, 5.41) is 2.77. The summed E-state index contributed by atoms with van der Waals surface area (Å²) in [5.41, 5.74) is 8.93. The number of nitrogen functional groups attached to an aromatic ring is 1. The molecule has 3 aromatic carbocycles. The van der Waals surface area contributed by atoms with E-state index >= 15 is 0 Å². The fourth-order valence-electron chi connectivity index (χ4n) is 2.58. The number of carbonyl (C=O) groups excluding carboxylic acids is 1. The summed E-state index contributed by atoms with van der Waals surface area (Å²) >= 11 is 0. The van der Waals surface area contributed by atoms with Crippen LogP contribution in [0.25, 0.3) is 6.08 Å². The van der Waals surface area contributed by atoms with E-state index in [1.165, 1.54) is 6.08 Å². The molecule has 0 aromatic heterocycles. The van der Waals surface area contributed by atoms with Crippen molar-refractivity contribution in [2.24, 2.45) is 0 Å². The number of carbonyl (C=O) groups is 1. The van der Waals surface area contributed by atoms with Gasteiger partial charge in [-0.05, 0) is 47.5 Å². The predicted octanol–water partition coefficient (Wildman–Crippen LogP) is 4.51. The first-order chi connectivity index (χ1) is 13.6. The van der Waals surface area contributed by atoms with E-state index in [2.05, 4.69) is 5.32 Å². The Balaban J connectivity index is 1.53. The molecule has 3 rings (SSSR count). The molecule has 0 aliphatic rings. The number of benzene rings is 3. The molecule has 0 aliphatic heterocycles. The van der Waals surface area contributed by atoms with Crippen molar-refractivity contribution < 1.29 is 14.3 Å². The highest BCUT2D eigenvalue weighted by Crippen LogP contribution is 2.24. The van der Waals surface area contributed by atoms with E-state index in [4.69, 9.17) is 15.2 Å². The molecule has 0 atom stereocenters. The number of nitrogens with two attached hydrogens (primary N) is 1. The molecule has 5 nitrogen and oxygen atoms in total. The smallest absolute Gasteiger partial charge is 0.248 e. The zero-order valence-electron chi connectivity index (χ0n) is 15.6. The van der Waals surface area contributed by atoms with Crippen molar-refractivity contribution in [3.05, 3.63) is 90.0 Å². The van der Waals surface area contributed by atoms with Crippen molar-refractivity contribution in [1.29, 1.82) is 0 Å². The van der Waals surface area contributed by atoms with Crippen LogP contribution in [-0.4, -0.2) is 13.0 Å². The zero-order chi connectivity index (χ0) is 19.8. The molecule has 0 fully saturated rings. The van der Waals surface area contributed by atoms with Crippen LogP contribution in [0.2, 0.25) is 0 Å². The van der Waals surface area contributed by atoms with Gasteiger partial charge in [0.05, 0.1) is 12.8 Å². The van der Waals surface area contributed by atoms with Crippen LogP contribution < -0.4 is 20.5 Å². The van der Waals surface area contributed by atoms with Crippen LogP contribution in [0.4, 0.5) is 11.4 Å². The lowest BCUT2D eigenvalue weighted by molar-refractivity contribution is -0.111. The summed E-state index contributed by atoms with van der Waals surface area (Å²) < 4.78 is 10.9. The highest BCUT2D eigenvalue weighted by molar-refractivity contribution is 6.02. The Kier molecular flexibility index (Phi) is 6.31. The minimum absolute atomic E-state index is 0.242. The third-order valence-electron chi connectivity index (χ3n) is 4.05. The van der Waals surface area contributed by atoms with Gasteiger partial charge >= 0.3 is 0 Å². The molecular formula is C23H22N2O3. The number of anilines is 2. The molecule has 142 valence electrons. The maximum absolute atomic E-state index is 12.1. The molecule has 0 saturated carbocycles. The van der Waals surface area contributed by atoms with Gasteiger partial charge in [-0.15, -0.1) is 0 Å². The second-order valence-corrected chi connectivity index (χ2v) is 6.12. The van der Waals surface area contributed by atoms with E-state index in [0.717, 1.165) is 16.9 Å². The van der Waals surface area contributed by atoms with Gasteiger partial charge in [-0.1, -0.05) is 42.5 Å². The molecular weight excluding hydrogens is 352 g/mol. The quantitative estimate of drug-likeness (QED) is 0.471. The lowest BCUT2D eigenvalue weighted by Crippen LogP contribution is -2.08. The first kappa shape index (κ1) is 19.0. The van der Waals surface area contributed by atoms with Crippen LogP contribution in [0, 0.1) is 0 Å². The van der Waals surface area contributed by atoms with Gasteiger partial charge in [-0.3, -0.25) is 4.79 Å². The predicted molar refractivity (Wildman–Crippen MR) is 112 cm³/mol. The van der Waals surface area contributed by atoms with Crippen LogP contribution in [-0.2, 0) is 11.4 Å². The fourth-order valence-corrected chi connectivity index (χ4v) is 2.58. The summed E-state index contributed by atoms with van der Waals surface area (Å²) in [4.78, 5) is 12.1. The molecule has 0 bridgehead atoms. The van der Waals surface area contributed by atoms with E-state index in [9.17, 15) is 4.79 Å². The van der Waals surface area contributed by atoms with Crippen molar-refractivity contribution >= 4 is 23.4 Å². The maximum atomic E-state index is 12.1. The van der Waals surface area contributed by atoms with Crippen LogP contribution >= 0.6 is 0 Å². The summed E-state index contributed by atoms with van der Waals surface area (Å²) in [5.74, 6) is 1.11. The van der Waals surface area contributed by atoms with E-state index in [0.29, 0.717) is 23.7 Å². The van der Waals surface area contributed by atoms with Crippen molar-refractivity contribution in [2.45, 2.75) is 6.61 Å². The number of methoxy groups -OCH3 is 1. The Bertz CT molecular complexity index is 951. The Labute approximate surface area is 164 Å². The summed E-state index contributed by atoms with van der Waals surface area (Å²) in [6, 6.07) is 22.6. The molecule has 0 spiro atoms. The van der Waals surface area contributed by atoms with Gasteiger partial charge in [0.15, 0.2) is 0 Å². The average Bonchev–Trinajstić information content (AvgIpc) is 2.72. The number of nitrogens with one attached hydrogen (secondary N) is 1. The number of ether oxygens (including phenoxy) is 2. The van der Waals surface area contributed by atoms with Gasteiger partial charge < -0.3 is 20.5 Å². The van der Waals surface area contributed by atoms with Gasteiger partial charge in [0.2, 0.25) is 5.91 Å². The van der Waals surface area contributed by atoms with Gasteiger partial charge in [-0.25, -0.2) is 0 Å². The van der Waals surface area contributed by atoms with Crippen LogP contribution in [0.1, 0.15) is 11.1 Å². The van der Waals surface area contributed by atoms with Gasteiger partial charge in [0.25, 0.3) is 0 Å². The zero-order valence-corrected chi connectivity index (χ0v) is 15.6. The minimum atomic E-state index is -0.242. The highest BCUT2D eigenvalue weighted by Gasteiger charge is 2.03. The first-order valence-electron chi connectivity index (χ1n) is 8.83. The highest BCUT2D eigenvalue weighted by atomic mass is 16.5. The lowest BCUT2D eigenvalue weighted by atomic mass is 10.2. The van der Waals surface area contributed by atoms with Crippen molar-refractivity contribution in [1.82, 2.24) is 0 Å². The van der Waals surface area contributed by atoms with Gasteiger partial charge in [0.1, 0.15) is 18.1 Å². The van der Waals surface area contributed by atoms with Crippen molar-refractivity contribution in [3.63, 3.8) is 0 Å². The fraction of sp³-hybridized carbons (Fsp3) is 0.0870. The Hall–Kier alpha value is -3.73. The first-order valence-corrected chi connectivity index (χ1v) is 8.83. The van der Waals surface area contributed by atoms with E-state index < -0.39 is 0 Å². The van der Waals surface area contributed by atoms with Gasteiger partial charge in [-0.2, -0.15) is 0 Å². The number of hydrogen-bond donors (Lipinski definition) is 2. The molecule has 0 radical (unpaired) electrons. The molecule has 0 saturated heterocycles. The molecule has 3 N–H and O–H groups in total. The second kappa shape index (κ2) is 9.28. The largest absolute Gasteiger partial charge is 0.495 e. The molecule has 0 aliphatic carbocycles. The standard InChI is InChI=1S/C23H22N2O3/c1-27-22-13-10-19(15-21(22)24)25-23(26)14-9-17-7-11-20(12-8-17)28-16-18-5-3-2-4-6-18/h2-15H,16,24H2,1H3,(H,25,26)/b14-9+. The monoisotopic (exact) mass is 374 g/mol. The molecule has 28 heavy (non-hydrogen) atoms. The summed E-state index contributed by atoms with van der Waals surface area (Å²) in [6.45, 7) is 0.517. The molecule has 3 aromatic rings. The number of hydrogen-bond acceptors (Lipinski definition) is 4. The van der Waals surface area contributed by atoms with E-state index in [1.54, 1.807) is 31.4 Å². The number of amides is 1. The Morgan fingerprint density at radius 3 is 2.46 bits per heavy atom. The minimum Gasteiger partial charge on any atom is -0.495 e. The van der Waals surface area contributed by atoms with Crippen LogP contribution in [0.3, 0.4) is 0 Å². The third-order valence-corrected chi connectivity index (χ3v) is 4.05. The Morgan fingerprint density at radius 2 is 1.79 bits per heavy atom. The second-order valence-electron chi connectivity index (χ2n) is 6.12. The molecule has 5 heteroatoms.